The second-order valence-corrected chi connectivity index (χ2v) is 3.41. The number of carbonyl (C=O) groups is 1. The van der Waals surface area contributed by atoms with Gasteiger partial charge in [-0.1, -0.05) is 6.92 Å². The van der Waals surface area contributed by atoms with E-state index in [1.165, 1.54) is 6.92 Å². The number of carbonyl (C=O) groups excluding carboxylic acids is 1. The van der Waals surface area contributed by atoms with Gasteiger partial charge in [-0.25, -0.2) is 0 Å². The third-order valence-electron chi connectivity index (χ3n) is 1.93. The van der Waals surface area contributed by atoms with Gasteiger partial charge in [-0.2, -0.15) is 13.2 Å². The molecular weight excluding hydrogens is 199 g/mol. The van der Waals surface area contributed by atoms with E-state index in [0.29, 0.717) is 6.42 Å². The van der Waals surface area contributed by atoms with Gasteiger partial charge in [-0.15, -0.1) is 0 Å². The van der Waals surface area contributed by atoms with Crippen LogP contribution in [0.15, 0.2) is 0 Å². The van der Waals surface area contributed by atoms with Crippen LogP contribution in [0.2, 0.25) is 0 Å². The Morgan fingerprint density at radius 1 is 1.43 bits per heavy atom. The summed E-state index contributed by atoms with van der Waals surface area (Å²) in [6, 6.07) is 0. The highest BCUT2D eigenvalue weighted by molar-refractivity contribution is 5.77. The lowest BCUT2D eigenvalue weighted by Gasteiger charge is -2.27. The average Bonchev–Trinajstić information content (AvgIpc) is 2.00. The van der Waals surface area contributed by atoms with Crippen molar-refractivity contribution in [2.45, 2.75) is 38.4 Å². The predicted octanol–water partition coefficient (Wildman–Crippen LogP) is 1.22. The summed E-state index contributed by atoms with van der Waals surface area (Å²) in [4.78, 5) is 10.8. The molecule has 1 atom stereocenters. The molecule has 1 amide bonds. The molecule has 84 valence electrons. The van der Waals surface area contributed by atoms with Crippen LogP contribution in [0.25, 0.3) is 0 Å². The lowest BCUT2D eigenvalue weighted by molar-refractivity contribution is -0.155. The minimum absolute atomic E-state index is 0.368. The number of aliphatic hydroxyl groups is 1. The van der Waals surface area contributed by atoms with Gasteiger partial charge in [-0.05, 0) is 13.3 Å². The Hall–Kier alpha value is -0.780. The molecule has 0 aliphatic carbocycles. The Morgan fingerprint density at radius 2 is 1.93 bits per heavy atom. The van der Waals surface area contributed by atoms with E-state index in [4.69, 9.17) is 5.11 Å². The molecule has 0 saturated heterocycles. The summed E-state index contributed by atoms with van der Waals surface area (Å²) in [5.41, 5.74) is -0.970. The fourth-order valence-electron chi connectivity index (χ4n) is 0.803. The second kappa shape index (κ2) is 4.63. The maximum Gasteiger partial charge on any atom is 0.397 e. The fraction of sp³-hybridized carbons (Fsp3) is 0.875. The zero-order chi connectivity index (χ0) is 11.4. The zero-order valence-electron chi connectivity index (χ0n) is 8.11. The van der Waals surface area contributed by atoms with Crippen molar-refractivity contribution in [1.29, 1.82) is 0 Å². The van der Waals surface area contributed by atoms with E-state index >= 15 is 0 Å². The molecule has 0 aromatic carbocycles. The minimum Gasteiger partial charge on any atom is -0.394 e. The van der Waals surface area contributed by atoms with Crippen molar-refractivity contribution >= 4 is 5.91 Å². The number of hydrogen-bond donors (Lipinski definition) is 2. The highest BCUT2D eigenvalue weighted by Gasteiger charge is 2.33. The van der Waals surface area contributed by atoms with E-state index < -0.39 is 24.0 Å². The molecule has 0 rings (SSSR count). The third kappa shape index (κ3) is 5.06. The van der Waals surface area contributed by atoms with Gasteiger partial charge in [0.2, 0.25) is 5.91 Å². The van der Waals surface area contributed by atoms with E-state index in [2.05, 4.69) is 5.32 Å². The first kappa shape index (κ1) is 13.2. The number of nitrogens with one attached hydrogen (secondary N) is 1. The Bertz CT molecular complexity index is 199. The van der Waals surface area contributed by atoms with Gasteiger partial charge in [0.15, 0.2) is 0 Å². The fourth-order valence-corrected chi connectivity index (χ4v) is 0.803. The molecular formula is C8H14F3NO2. The average molecular weight is 213 g/mol. The van der Waals surface area contributed by atoms with Gasteiger partial charge in [0, 0.05) is 0 Å². The van der Waals surface area contributed by atoms with Crippen LogP contribution in [0.4, 0.5) is 13.2 Å². The van der Waals surface area contributed by atoms with E-state index in [1.807, 2.05) is 0 Å². The summed E-state index contributed by atoms with van der Waals surface area (Å²) in [6.45, 7) is 2.78. The number of alkyl halides is 3. The van der Waals surface area contributed by atoms with Crippen molar-refractivity contribution in [1.82, 2.24) is 5.32 Å². The van der Waals surface area contributed by atoms with Gasteiger partial charge in [-0.3, -0.25) is 4.79 Å². The highest BCUT2D eigenvalue weighted by Crippen LogP contribution is 2.20. The maximum absolute atomic E-state index is 11.8. The van der Waals surface area contributed by atoms with Crippen molar-refractivity contribution in [3.05, 3.63) is 0 Å². The SMILES string of the molecule is CCC(C)(CO)NC(=O)CC(F)(F)F. The largest absolute Gasteiger partial charge is 0.397 e. The highest BCUT2D eigenvalue weighted by atomic mass is 19.4. The molecule has 0 heterocycles. The van der Waals surface area contributed by atoms with Crippen molar-refractivity contribution in [2.24, 2.45) is 0 Å². The smallest absolute Gasteiger partial charge is 0.394 e. The van der Waals surface area contributed by atoms with E-state index in [-0.39, 0.29) is 6.61 Å². The van der Waals surface area contributed by atoms with Crippen molar-refractivity contribution in [3.63, 3.8) is 0 Å². The molecule has 0 spiro atoms. The normalized spacial score (nSPS) is 16.1. The molecule has 0 fully saturated rings. The van der Waals surface area contributed by atoms with Gasteiger partial charge in [0.1, 0.15) is 6.42 Å². The number of halogens is 3. The molecule has 0 aromatic rings. The van der Waals surface area contributed by atoms with Crippen LogP contribution in [0.5, 0.6) is 0 Å². The van der Waals surface area contributed by atoms with Crippen molar-refractivity contribution in [2.75, 3.05) is 6.61 Å². The predicted molar refractivity (Wildman–Crippen MR) is 44.6 cm³/mol. The Morgan fingerprint density at radius 3 is 2.21 bits per heavy atom. The first-order valence-corrected chi connectivity index (χ1v) is 4.21. The van der Waals surface area contributed by atoms with Crippen LogP contribution in [0, 0.1) is 0 Å². The molecule has 0 saturated carbocycles. The summed E-state index contributed by atoms with van der Waals surface area (Å²) in [7, 11) is 0. The van der Waals surface area contributed by atoms with Crippen molar-refractivity contribution < 1.29 is 23.1 Å². The van der Waals surface area contributed by atoms with E-state index in [0.717, 1.165) is 0 Å². The molecule has 2 N–H and O–H groups in total. The number of aliphatic hydroxyl groups excluding tert-OH is 1. The molecule has 14 heavy (non-hydrogen) atoms. The molecule has 0 bridgehead atoms. The number of rotatable bonds is 4. The molecule has 0 aliphatic heterocycles. The maximum atomic E-state index is 11.8. The first-order valence-electron chi connectivity index (χ1n) is 4.21. The summed E-state index contributed by atoms with van der Waals surface area (Å²) < 4.78 is 35.3. The summed E-state index contributed by atoms with van der Waals surface area (Å²) in [5, 5.41) is 11.0. The summed E-state index contributed by atoms with van der Waals surface area (Å²) in [5.74, 6) is -1.11. The number of hydrogen-bond acceptors (Lipinski definition) is 2. The second-order valence-electron chi connectivity index (χ2n) is 3.41. The molecule has 0 radical (unpaired) electrons. The van der Waals surface area contributed by atoms with Crippen LogP contribution >= 0.6 is 0 Å². The van der Waals surface area contributed by atoms with E-state index in [1.54, 1.807) is 6.92 Å². The summed E-state index contributed by atoms with van der Waals surface area (Å²) >= 11 is 0. The van der Waals surface area contributed by atoms with Gasteiger partial charge in [0.25, 0.3) is 0 Å². The van der Waals surface area contributed by atoms with Gasteiger partial charge < -0.3 is 10.4 Å². The van der Waals surface area contributed by atoms with Gasteiger partial charge >= 0.3 is 6.18 Å². The van der Waals surface area contributed by atoms with Crippen LogP contribution in [-0.2, 0) is 4.79 Å². The topological polar surface area (TPSA) is 49.3 Å². The van der Waals surface area contributed by atoms with E-state index in [9.17, 15) is 18.0 Å². The first-order chi connectivity index (χ1) is 6.22. The monoisotopic (exact) mass is 213 g/mol. The Labute approximate surface area is 80.3 Å². The Balaban J connectivity index is 4.18. The van der Waals surface area contributed by atoms with Crippen LogP contribution in [0.3, 0.4) is 0 Å². The van der Waals surface area contributed by atoms with Crippen molar-refractivity contribution in [3.8, 4) is 0 Å². The molecule has 0 aliphatic rings. The minimum atomic E-state index is -4.51. The third-order valence-corrected chi connectivity index (χ3v) is 1.93. The summed E-state index contributed by atoms with van der Waals surface area (Å²) in [6.07, 6.45) is -5.65. The molecule has 0 aromatic heterocycles. The van der Waals surface area contributed by atoms with Crippen LogP contribution in [0.1, 0.15) is 26.7 Å². The van der Waals surface area contributed by atoms with Crippen LogP contribution < -0.4 is 5.32 Å². The molecule has 3 nitrogen and oxygen atoms in total. The van der Waals surface area contributed by atoms with Gasteiger partial charge in [0.05, 0.1) is 12.1 Å². The lowest BCUT2D eigenvalue weighted by atomic mass is 10.0. The quantitative estimate of drug-likeness (QED) is 0.737. The number of amides is 1. The standard InChI is InChI=1S/C8H14F3NO2/c1-3-7(2,5-13)12-6(14)4-8(9,10)11/h13H,3-5H2,1-2H3,(H,12,14). The van der Waals surface area contributed by atoms with Crippen LogP contribution in [-0.4, -0.2) is 29.3 Å². The molecule has 1 unspecified atom stereocenters. The lowest BCUT2D eigenvalue weighted by Crippen LogP contribution is -2.49. The Kier molecular flexibility index (Phi) is 4.38. The molecule has 6 heteroatoms. The zero-order valence-corrected chi connectivity index (χ0v) is 8.11.